The summed E-state index contributed by atoms with van der Waals surface area (Å²) >= 11 is 16.5. The Labute approximate surface area is 124 Å². The molecule has 0 saturated carbocycles. The third-order valence-electron chi connectivity index (χ3n) is 2.18. The van der Waals surface area contributed by atoms with Crippen LogP contribution in [0.2, 0.25) is 5.02 Å². The summed E-state index contributed by atoms with van der Waals surface area (Å²) in [6, 6.07) is 11.9. The zero-order chi connectivity index (χ0) is 11.7. The summed E-state index contributed by atoms with van der Waals surface area (Å²) in [4.78, 5) is 0. The molecule has 0 radical (unpaired) electrons. The van der Waals surface area contributed by atoms with Crippen LogP contribution in [0.1, 0.15) is 0 Å². The molecule has 16 heavy (non-hydrogen) atoms. The van der Waals surface area contributed by atoms with E-state index in [1.165, 1.54) is 0 Å². The summed E-state index contributed by atoms with van der Waals surface area (Å²) in [5.74, 6) is 0. The highest BCUT2D eigenvalue weighted by molar-refractivity contribution is 9.13. The Morgan fingerprint density at radius 2 is 1.62 bits per heavy atom. The Morgan fingerprint density at radius 3 is 2.31 bits per heavy atom. The molecule has 0 amide bonds. The van der Waals surface area contributed by atoms with E-state index in [9.17, 15) is 0 Å². The van der Waals surface area contributed by atoms with Gasteiger partial charge in [-0.15, -0.1) is 0 Å². The molecular weight excluding hydrogens is 419 g/mol. The minimum Gasteiger partial charge on any atom is -0.0831 e. The van der Waals surface area contributed by atoms with Gasteiger partial charge < -0.3 is 0 Å². The van der Waals surface area contributed by atoms with Gasteiger partial charge in [-0.25, -0.2) is 0 Å². The Morgan fingerprint density at radius 1 is 0.875 bits per heavy atom. The quantitative estimate of drug-likeness (QED) is 0.504. The van der Waals surface area contributed by atoms with Crippen LogP contribution < -0.4 is 0 Å². The minimum absolute atomic E-state index is 0.719. The van der Waals surface area contributed by atoms with Gasteiger partial charge in [0.25, 0.3) is 0 Å². The molecule has 2 aromatic carbocycles. The molecule has 0 aliphatic carbocycles. The zero-order valence-electron chi connectivity index (χ0n) is 7.98. The van der Waals surface area contributed by atoms with Crippen molar-refractivity contribution in [2.45, 2.75) is 0 Å². The zero-order valence-corrected chi connectivity index (χ0v) is 13.5. The molecule has 0 saturated heterocycles. The minimum atomic E-state index is 0.719. The summed E-state index contributed by atoms with van der Waals surface area (Å²) in [6.45, 7) is 0. The van der Waals surface area contributed by atoms with E-state index in [0.717, 1.165) is 29.6 Å². The van der Waals surface area contributed by atoms with Crippen LogP contribution in [-0.4, -0.2) is 0 Å². The maximum Gasteiger partial charge on any atom is 0.0554 e. The Bertz CT molecular complexity index is 538. The lowest BCUT2D eigenvalue weighted by atomic mass is 10.1. The predicted octanol–water partition coefficient (Wildman–Crippen LogP) is 6.29. The molecule has 0 N–H and O–H groups in total. The highest BCUT2D eigenvalue weighted by Gasteiger charge is 2.07. The van der Waals surface area contributed by atoms with Crippen molar-refractivity contribution in [1.29, 1.82) is 0 Å². The molecule has 82 valence electrons. The molecule has 0 aliphatic rings. The van der Waals surface area contributed by atoms with Crippen LogP contribution in [0.15, 0.2) is 49.8 Å². The molecule has 0 heterocycles. The van der Waals surface area contributed by atoms with Crippen molar-refractivity contribution in [2.75, 3.05) is 0 Å². The third kappa shape index (κ3) is 2.53. The number of halogens is 4. The first kappa shape index (κ1) is 12.6. The van der Waals surface area contributed by atoms with Crippen LogP contribution in [0.25, 0.3) is 11.1 Å². The van der Waals surface area contributed by atoms with E-state index < -0.39 is 0 Å². The third-order valence-corrected chi connectivity index (χ3v) is 5.46. The van der Waals surface area contributed by atoms with Crippen molar-refractivity contribution in [1.82, 2.24) is 0 Å². The number of hydrogen-bond donors (Lipinski definition) is 0. The molecule has 0 nitrogen and oxygen atoms in total. The number of benzene rings is 2. The predicted molar refractivity (Wildman–Crippen MR) is 80.0 cm³/mol. The van der Waals surface area contributed by atoms with Crippen molar-refractivity contribution in [3.05, 3.63) is 54.8 Å². The van der Waals surface area contributed by atoms with Crippen molar-refractivity contribution in [2.24, 2.45) is 0 Å². The molecule has 4 heteroatoms. The van der Waals surface area contributed by atoms with Gasteiger partial charge in [0.1, 0.15) is 0 Å². The average molecular weight is 425 g/mol. The lowest BCUT2D eigenvalue weighted by molar-refractivity contribution is 1.54. The van der Waals surface area contributed by atoms with Crippen LogP contribution >= 0.6 is 59.4 Å². The molecular formula is C12H6Br3Cl. The van der Waals surface area contributed by atoms with E-state index in [2.05, 4.69) is 53.9 Å². The SMILES string of the molecule is Clc1cccc(-c2ccc(Br)c(Br)c2)c1Br. The smallest absolute Gasteiger partial charge is 0.0554 e. The van der Waals surface area contributed by atoms with Crippen LogP contribution in [0.5, 0.6) is 0 Å². The van der Waals surface area contributed by atoms with Crippen molar-refractivity contribution in [3.8, 4) is 11.1 Å². The van der Waals surface area contributed by atoms with E-state index in [-0.39, 0.29) is 0 Å². The van der Waals surface area contributed by atoms with Crippen LogP contribution in [-0.2, 0) is 0 Å². The molecule has 0 bridgehead atoms. The molecule has 0 unspecified atom stereocenters. The molecule has 0 fully saturated rings. The van der Waals surface area contributed by atoms with Crippen LogP contribution in [0, 0.1) is 0 Å². The van der Waals surface area contributed by atoms with Crippen molar-refractivity contribution < 1.29 is 0 Å². The Hall–Kier alpha value is 0.170. The molecule has 0 atom stereocenters. The number of rotatable bonds is 1. The van der Waals surface area contributed by atoms with E-state index in [4.69, 9.17) is 11.6 Å². The van der Waals surface area contributed by atoms with Crippen molar-refractivity contribution in [3.63, 3.8) is 0 Å². The van der Waals surface area contributed by atoms with Crippen LogP contribution in [0.4, 0.5) is 0 Å². The monoisotopic (exact) mass is 422 g/mol. The highest BCUT2D eigenvalue weighted by Crippen LogP contribution is 2.36. The van der Waals surface area contributed by atoms with E-state index >= 15 is 0 Å². The molecule has 2 aromatic rings. The maximum absolute atomic E-state index is 6.07. The summed E-state index contributed by atoms with van der Waals surface area (Å²) in [5, 5.41) is 0.719. The normalized spacial score (nSPS) is 10.5. The summed E-state index contributed by atoms with van der Waals surface area (Å²) in [7, 11) is 0. The summed E-state index contributed by atoms with van der Waals surface area (Å²) in [5.41, 5.74) is 2.20. The lowest BCUT2D eigenvalue weighted by Crippen LogP contribution is -1.81. The highest BCUT2D eigenvalue weighted by atomic mass is 79.9. The van der Waals surface area contributed by atoms with Gasteiger partial charge in [0.15, 0.2) is 0 Å². The van der Waals surface area contributed by atoms with Gasteiger partial charge in [-0.2, -0.15) is 0 Å². The van der Waals surface area contributed by atoms with Gasteiger partial charge in [-0.05, 0) is 77.1 Å². The first-order valence-corrected chi connectivity index (χ1v) is 7.24. The first-order chi connectivity index (χ1) is 7.59. The maximum atomic E-state index is 6.07. The van der Waals surface area contributed by atoms with Gasteiger partial charge >= 0.3 is 0 Å². The van der Waals surface area contributed by atoms with Crippen LogP contribution in [0.3, 0.4) is 0 Å². The fourth-order valence-electron chi connectivity index (χ4n) is 1.39. The lowest BCUT2D eigenvalue weighted by Gasteiger charge is -2.07. The van der Waals surface area contributed by atoms with E-state index in [1.54, 1.807) is 0 Å². The second-order valence-corrected chi connectivity index (χ2v) is 6.14. The van der Waals surface area contributed by atoms with Crippen molar-refractivity contribution >= 4 is 59.4 Å². The second-order valence-electron chi connectivity index (χ2n) is 3.23. The van der Waals surface area contributed by atoms with Gasteiger partial charge in [-0.3, -0.25) is 0 Å². The van der Waals surface area contributed by atoms with Gasteiger partial charge in [0, 0.05) is 13.4 Å². The van der Waals surface area contributed by atoms with E-state index in [1.807, 2.05) is 30.3 Å². The van der Waals surface area contributed by atoms with E-state index in [0.29, 0.717) is 0 Å². The van der Waals surface area contributed by atoms with Gasteiger partial charge in [-0.1, -0.05) is 29.8 Å². The van der Waals surface area contributed by atoms with Gasteiger partial charge in [0.2, 0.25) is 0 Å². The Kier molecular flexibility index (Phi) is 4.11. The topological polar surface area (TPSA) is 0 Å². The molecule has 0 spiro atoms. The second kappa shape index (κ2) is 5.21. The Balaban J connectivity index is 2.59. The summed E-state index contributed by atoms with van der Waals surface area (Å²) in [6.07, 6.45) is 0. The standard InChI is InChI=1S/C12H6Br3Cl/c13-9-5-4-7(6-10(9)14)8-2-1-3-11(16)12(8)15/h1-6H. The molecule has 0 aliphatic heterocycles. The first-order valence-electron chi connectivity index (χ1n) is 4.49. The fraction of sp³-hybridized carbons (Fsp3) is 0. The molecule has 0 aromatic heterocycles. The largest absolute Gasteiger partial charge is 0.0831 e. The fourth-order valence-corrected chi connectivity index (χ4v) is 2.68. The average Bonchev–Trinajstić information content (AvgIpc) is 2.26. The molecule has 2 rings (SSSR count). The van der Waals surface area contributed by atoms with Gasteiger partial charge in [0.05, 0.1) is 5.02 Å². The summed E-state index contributed by atoms with van der Waals surface area (Å²) < 4.78 is 2.98. The number of hydrogen-bond acceptors (Lipinski definition) is 0.